The number of imidazole rings is 1. The van der Waals surface area contributed by atoms with Crippen molar-refractivity contribution in [3.05, 3.63) is 52.9 Å². The van der Waals surface area contributed by atoms with Crippen molar-refractivity contribution in [2.75, 3.05) is 25.0 Å². The fraction of sp³-hybridized carbons (Fsp3) is 0.350. The number of aromatic nitrogens is 3. The van der Waals surface area contributed by atoms with E-state index in [0.717, 1.165) is 48.6 Å². The van der Waals surface area contributed by atoms with E-state index in [-0.39, 0.29) is 5.91 Å². The molecular weight excluding hydrogens is 362 g/mol. The van der Waals surface area contributed by atoms with Crippen molar-refractivity contribution >= 4 is 34.4 Å². The predicted octanol–water partition coefficient (Wildman–Crippen LogP) is 3.87. The summed E-state index contributed by atoms with van der Waals surface area (Å²) in [6, 6.07) is 9.34. The number of nitrogens with zero attached hydrogens (tertiary/aromatic N) is 4. The number of halogens is 1. The van der Waals surface area contributed by atoms with Gasteiger partial charge in [-0.05, 0) is 49.6 Å². The number of benzene rings is 1. The van der Waals surface area contributed by atoms with E-state index in [9.17, 15) is 4.79 Å². The van der Waals surface area contributed by atoms with Gasteiger partial charge in [-0.15, -0.1) is 0 Å². The standard InChI is InChI=1S/C20H22ClN5O/c1-25(13-18-23-16-7-6-15(21)11-17(16)24-18)19-8-5-14(12-22-19)20(27)26-9-3-2-4-10-26/h5-8,11-12H,2-4,9-10,13H2,1H3,(H,23,24). The fourth-order valence-electron chi connectivity index (χ4n) is 3.43. The van der Waals surface area contributed by atoms with Gasteiger partial charge in [0.2, 0.25) is 0 Å². The van der Waals surface area contributed by atoms with E-state index in [1.165, 1.54) is 6.42 Å². The number of aromatic amines is 1. The maximum absolute atomic E-state index is 12.5. The molecule has 1 aromatic carbocycles. The van der Waals surface area contributed by atoms with Gasteiger partial charge in [0.05, 0.1) is 23.1 Å². The lowest BCUT2D eigenvalue weighted by atomic mass is 10.1. The molecule has 1 aliphatic heterocycles. The smallest absolute Gasteiger partial charge is 0.255 e. The lowest BCUT2D eigenvalue weighted by molar-refractivity contribution is 0.0724. The lowest BCUT2D eigenvalue weighted by Crippen LogP contribution is -2.35. The van der Waals surface area contributed by atoms with Crippen LogP contribution in [0.25, 0.3) is 11.0 Å². The molecule has 0 bridgehead atoms. The van der Waals surface area contributed by atoms with Gasteiger partial charge in [-0.25, -0.2) is 9.97 Å². The number of rotatable bonds is 4. The number of amides is 1. The highest BCUT2D eigenvalue weighted by Crippen LogP contribution is 2.19. The molecule has 1 fully saturated rings. The number of fused-ring (bicyclic) bond motifs is 1. The second-order valence-electron chi connectivity index (χ2n) is 6.96. The molecule has 3 heterocycles. The number of hydrogen-bond acceptors (Lipinski definition) is 4. The Kier molecular flexibility index (Phi) is 4.99. The first kappa shape index (κ1) is 17.8. The molecule has 1 amide bonds. The molecule has 1 saturated heterocycles. The number of carbonyl (C=O) groups excluding carboxylic acids is 1. The number of carbonyl (C=O) groups is 1. The van der Waals surface area contributed by atoms with Crippen LogP contribution in [-0.2, 0) is 6.54 Å². The summed E-state index contributed by atoms with van der Waals surface area (Å²) in [7, 11) is 1.95. The molecule has 1 aliphatic rings. The number of pyridine rings is 1. The van der Waals surface area contributed by atoms with Crippen LogP contribution in [0.2, 0.25) is 5.02 Å². The van der Waals surface area contributed by atoms with E-state index >= 15 is 0 Å². The van der Waals surface area contributed by atoms with Crippen molar-refractivity contribution < 1.29 is 4.79 Å². The molecular formula is C20H22ClN5O. The van der Waals surface area contributed by atoms with Gasteiger partial charge in [0.1, 0.15) is 11.6 Å². The summed E-state index contributed by atoms with van der Waals surface area (Å²) in [5.41, 5.74) is 2.45. The fourth-order valence-corrected chi connectivity index (χ4v) is 3.61. The van der Waals surface area contributed by atoms with Crippen LogP contribution in [-0.4, -0.2) is 45.9 Å². The van der Waals surface area contributed by atoms with Crippen LogP contribution in [0.5, 0.6) is 0 Å². The van der Waals surface area contributed by atoms with Crippen LogP contribution in [0.15, 0.2) is 36.5 Å². The largest absolute Gasteiger partial charge is 0.352 e. The maximum Gasteiger partial charge on any atom is 0.255 e. The van der Waals surface area contributed by atoms with Gasteiger partial charge in [-0.3, -0.25) is 4.79 Å². The van der Waals surface area contributed by atoms with Crippen LogP contribution >= 0.6 is 11.6 Å². The third-order valence-corrected chi connectivity index (χ3v) is 5.14. The molecule has 0 saturated carbocycles. The lowest BCUT2D eigenvalue weighted by Gasteiger charge is -2.26. The highest BCUT2D eigenvalue weighted by Gasteiger charge is 2.18. The molecule has 7 heteroatoms. The molecule has 0 spiro atoms. The van der Waals surface area contributed by atoms with Crippen LogP contribution in [0.1, 0.15) is 35.4 Å². The van der Waals surface area contributed by atoms with E-state index < -0.39 is 0 Å². The van der Waals surface area contributed by atoms with Crippen molar-refractivity contribution in [3.63, 3.8) is 0 Å². The normalized spacial score (nSPS) is 14.5. The summed E-state index contributed by atoms with van der Waals surface area (Å²) in [6.07, 6.45) is 5.05. The third kappa shape index (κ3) is 3.90. The number of H-pyrrole nitrogens is 1. The topological polar surface area (TPSA) is 65.1 Å². The summed E-state index contributed by atoms with van der Waals surface area (Å²) in [4.78, 5) is 28.8. The minimum Gasteiger partial charge on any atom is -0.352 e. The van der Waals surface area contributed by atoms with Crippen LogP contribution in [0.3, 0.4) is 0 Å². The monoisotopic (exact) mass is 383 g/mol. The zero-order chi connectivity index (χ0) is 18.8. The van der Waals surface area contributed by atoms with E-state index in [1.807, 2.05) is 47.2 Å². The second kappa shape index (κ2) is 7.56. The van der Waals surface area contributed by atoms with Crippen molar-refractivity contribution in [1.82, 2.24) is 19.9 Å². The summed E-state index contributed by atoms with van der Waals surface area (Å²) in [5.74, 6) is 1.71. The Hall–Kier alpha value is -2.60. The average Bonchev–Trinajstić information content (AvgIpc) is 3.09. The van der Waals surface area contributed by atoms with E-state index in [4.69, 9.17) is 11.6 Å². The number of anilines is 1. The zero-order valence-electron chi connectivity index (χ0n) is 15.3. The number of nitrogens with one attached hydrogen (secondary N) is 1. The van der Waals surface area contributed by atoms with E-state index in [0.29, 0.717) is 17.1 Å². The third-order valence-electron chi connectivity index (χ3n) is 4.91. The Balaban J connectivity index is 1.45. The second-order valence-corrected chi connectivity index (χ2v) is 7.40. The van der Waals surface area contributed by atoms with Crippen molar-refractivity contribution in [2.24, 2.45) is 0 Å². The molecule has 0 unspecified atom stereocenters. The number of piperidine rings is 1. The van der Waals surface area contributed by atoms with Crippen LogP contribution in [0, 0.1) is 0 Å². The molecule has 140 valence electrons. The maximum atomic E-state index is 12.5. The average molecular weight is 384 g/mol. The molecule has 0 aliphatic carbocycles. The van der Waals surface area contributed by atoms with E-state index in [2.05, 4.69) is 15.0 Å². The highest BCUT2D eigenvalue weighted by molar-refractivity contribution is 6.31. The Labute approximate surface area is 163 Å². The van der Waals surface area contributed by atoms with Gasteiger partial charge < -0.3 is 14.8 Å². The van der Waals surface area contributed by atoms with Crippen molar-refractivity contribution in [1.29, 1.82) is 0 Å². The predicted molar refractivity (Wildman–Crippen MR) is 107 cm³/mol. The Morgan fingerprint density at radius 3 is 2.78 bits per heavy atom. The molecule has 1 N–H and O–H groups in total. The highest BCUT2D eigenvalue weighted by atomic mass is 35.5. The molecule has 27 heavy (non-hydrogen) atoms. The van der Waals surface area contributed by atoms with Gasteiger partial charge in [-0.1, -0.05) is 11.6 Å². The van der Waals surface area contributed by atoms with Gasteiger partial charge in [0, 0.05) is 31.4 Å². The quantitative estimate of drug-likeness (QED) is 0.742. The van der Waals surface area contributed by atoms with Gasteiger partial charge in [0.15, 0.2) is 0 Å². The summed E-state index contributed by atoms with van der Waals surface area (Å²) < 4.78 is 0. The van der Waals surface area contributed by atoms with Crippen molar-refractivity contribution in [3.8, 4) is 0 Å². The van der Waals surface area contributed by atoms with Gasteiger partial charge in [-0.2, -0.15) is 0 Å². The SMILES string of the molecule is CN(Cc1nc2ccc(Cl)cc2[nH]1)c1ccc(C(=O)N2CCCCC2)cn1. The summed E-state index contributed by atoms with van der Waals surface area (Å²) in [5, 5.41) is 0.682. The number of hydrogen-bond donors (Lipinski definition) is 1. The minimum absolute atomic E-state index is 0.0746. The van der Waals surface area contributed by atoms with Gasteiger partial charge >= 0.3 is 0 Å². The molecule has 4 rings (SSSR count). The molecule has 2 aromatic heterocycles. The Bertz CT molecular complexity index is 947. The number of likely N-dealkylation sites (tertiary alicyclic amines) is 1. The Morgan fingerprint density at radius 2 is 2.04 bits per heavy atom. The van der Waals surface area contributed by atoms with E-state index in [1.54, 1.807) is 6.20 Å². The first-order chi connectivity index (χ1) is 13.1. The van der Waals surface area contributed by atoms with Crippen LogP contribution in [0.4, 0.5) is 5.82 Å². The molecule has 6 nitrogen and oxygen atoms in total. The summed E-state index contributed by atoms with van der Waals surface area (Å²) >= 11 is 6.03. The van der Waals surface area contributed by atoms with Crippen LogP contribution < -0.4 is 4.90 Å². The first-order valence-corrected chi connectivity index (χ1v) is 9.58. The molecule has 0 atom stereocenters. The Morgan fingerprint density at radius 1 is 1.22 bits per heavy atom. The minimum atomic E-state index is 0.0746. The molecule has 0 radical (unpaired) electrons. The molecule has 3 aromatic rings. The first-order valence-electron chi connectivity index (χ1n) is 9.21. The zero-order valence-corrected chi connectivity index (χ0v) is 16.0. The van der Waals surface area contributed by atoms with Crippen molar-refractivity contribution in [2.45, 2.75) is 25.8 Å². The summed E-state index contributed by atoms with van der Waals surface area (Å²) in [6.45, 7) is 2.27. The van der Waals surface area contributed by atoms with Gasteiger partial charge in [0.25, 0.3) is 5.91 Å².